The summed E-state index contributed by atoms with van der Waals surface area (Å²) in [6, 6.07) is 17.9. The van der Waals surface area contributed by atoms with Crippen molar-refractivity contribution in [2.45, 2.75) is 6.42 Å². The predicted molar refractivity (Wildman–Crippen MR) is 116 cm³/mol. The number of hydrogen-bond donors (Lipinski definition) is 0. The van der Waals surface area contributed by atoms with Crippen LogP contribution in [0.15, 0.2) is 73.2 Å². The average molecular weight is 416 g/mol. The molecule has 1 fully saturated rings. The molecule has 4 rings (SSSR count). The van der Waals surface area contributed by atoms with Gasteiger partial charge in [-0.2, -0.15) is 0 Å². The van der Waals surface area contributed by atoms with Crippen molar-refractivity contribution in [1.29, 1.82) is 0 Å². The number of carbonyl (C=O) groups is 2. The molecule has 2 aromatic carbocycles. The lowest BCUT2D eigenvalue weighted by atomic mass is 10.0. The first-order chi connectivity index (χ1) is 15.2. The Morgan fingerprint density at radius 3 is 2.32 bits per heavy atom. The van der Waals surface area contributed by atoms with Crippen molar-refractivity contribution >= 4 is 11.8 Å². The molecule has 0 aliphatic carbocycles. The fourth-order valence-corrected chi connectivity index (χ4v) is 3.57. The van der Waals surface area contributed by atoms with Gasteiger partial charge in [0.2, 0.25) is 0 Å². The van der Waals surface area contributed by atoms with Gasteiger partial charge in [0.1, 0.15) is 11.4 Å². The van der Waals surface area contributed by atoms with Gasteiger partial charge in [0.15, 0.2) is 6.61 Å². The Morgan fingerprint density at radius 1 is 0.871 bits per heavy atom. The van der Waals surface area contributed by atoms with Crippen LogP contribution in [0.1, 0.15) is 21.6 Å². The average Bonchev–Trinajstić information content (AvgIpc) is 2.84. The Hall–Kier alpha value is -3.74. The van der Waals surface area contributed by atoms with Gasteiger partial charge in [0.25, 0.3) is 11.8 Å². The predicted octanol–water partition coefficient (Wildman–Crippen LogP) is 2.43. The number of para-hydroxylation sites is 1. The Bertz CT molecular complexity index is 1020. The van der Waals surface area contributed by atoms with E-state index in [2.05, 4.69) is 22.1 Å². The quantitative estimate of drug-likeness (QED) is 0.617. The number of aromatic nitrogens is 2. The normalized spacial score (nSPS) is 13.7. The van der Waals surface area contributed by atoms with Gasteiger partial charge in [0.05, 0.1) is 6.20 Å². The van der Waals surface area contributed by atoms with Gasteiger partial charge in [-0.1, -0.05) is 48.5 Å². The zero-order valence-corrected chi connectivity index (χ0v) is 17.2. The van der Waals surface area contributed by atoms with Crippen molar-refractivity contribution in [1.82, 2.24) is 19.8 Å². The van der Waals surface area contributed by atoms with Gasteiger partial charge in [0, 0.05) is 45.0 Å². The van der Waals surface area contributed by atoms with E-state index in [0.717, 1.165) is 17.7 Å². The number of amides is 2. The molecule has 0 atom stereocenters. The van der Waals surface area contributed by atoms with Crippen LogP contribution in [0.3, 0.4) is 0 Å². The van der Waals surface area contributed by atoms with E-state index < -0.39 is 0 Å². The molecule has 0 saturated carbocycles. The summed E-state index contributed by atoms with van der Waals surface area (Å²) in [5, 5.41) is 0. The summed E-state index contributed by atoms with van der Waals surface area (Å²) >= 11 is 0. The second-order valence-corrected chi connectivity index (χ2v) is 7.32. The molecule has 1 aromatic heterocycles. The zero-order valence-electron chi connectivity index (χ0n) is 17.2. The third-order valence-corrected chi connectivity index (χ3v) is 5.26. The fourth-order valence-electron chi connectivity index (χ4n) is 3.57. The molecule has 2 heterocycles. The molecule has 0 spiro atoms. The van der Waals surface area contributed by atoms with Crippen LogP contribution >= 0.6 is 0 Å². The highest BCUT2D eigenvalue weighted by atomic mass is 16.5. The number of benzene rings is 2. The molecule has 7 nitrogen and oxygen atoms in total. The molecule has 1 aliphatic heterocycles. The summed E-state index contributed by atoms with van der Waals surface area (Å²) < 4.78 is 5.88. The van der Waals surface area contributed by atoms with E-state index in [9.17, 15) is 9.59 Å². The Morgan fingerprint density at radius 2 is 1.58 bits per heavy atom. The van der Waals surface area contributed by atoms with Gasteiger partial charge in [-0.25, -0.2) is 4.98 Å². The van der Waals surface area contributed by atoms with Crippen LogP contribution in [-0.2, 0) is 11.2 Å². The van der Waals surface area contributed by atoms with Crippen molar-refractivity contribution in [2.75, 3.05) is 32.8 Å². The lowest BCUT2D eigenvalue weighted by Gasteiger charge is -2.34. The molecule has 0 bridgehead atoms. The lowest BCUT2D eigenvalue weighted by Crippen LogP contribution is -2.51. The SMILES string of the molecule is O=C(COc1ccccc1Cc1ccccc1)N1CCN(C(=O)c2cnccn2)CC1. The fraction of sp³-hybridized carbons (Fsp3) is 0.250. The topological polar surface area (TPSA) is 75.6 Å². The van der Waals surface area contributed by atoms with Crippen LogP contribution in [0.25, 0.3) is 0 Å². The maximum atomic E-state index is 12.7. The number of hydrogen-bond acceptors (Lipinski definition) is 5. The molecule has 7 heteroatoms. The van der Waals surface area contributed by atoms with Gasteiger partial charge in [-0.3, -0.25) is 14.6 Å². The van der Waals surface area contributed by atoms with Gasteiger partial charge < -0.3 is 14.5 Å². The highest BCUT2D eigenvalue weighted by molar-refractivity contribution is 5.92. The third kappa shape index (κ3) is 5.25. The van der Waals surface area contributed by atoms with Crippen molar-refractivity contribution < 1.29 is 14.3 Å². The van der Waals surface area contributed by atoms with Gasteiger partial charge in [-0.05, 0) is 17.2 Å². The Labute approximate surface area is 181 Å². The second-order valence-electron chi connectivity index (χ2n) is 7.32. The molecule has 158 valence electrons. The summed E-state index contributed by atoms with van der Waals surface area (Å²) in [5.41, 5.74) is 2.55. The second kappa shape index (κ2) is 9.84. The molecular formula is C24H24N4O3. The lowest BCUT2D eigenvalue weighted by molar-refractivity contribution is -0.134. The minimum absolute atomic E-state index is 0.0239. The van der Waals surface area contributed by atoms with Gasteiger partial charge in [-0.15, -0.1) is 0 Å². The number of nitrogens with zero attached hydrogens (tertiary/aromatic N) is 4. The smallest absolute Gasteiger partial charge is 0.274 e. The summed E-state index contributed by atoms with van der Waals surface area (Å²) in [6.45, 7) is 1.85. The number of rotatable bonds is 6. The van der Waals surface area contributed by atoms with Crippen molar-refractivity contribution in [3.05, 3.63) is 90.0 Å². The molecular weight excluding hydrogens is 392 g/mol. The molecule has 0 unspecified atom stereocenters. The number of ether oxygens (including phenoxy) is 1. The van der Waals surface area contributed by atoms with E-state index >= 15 is 0 Å². The van der Waals surface area contributed by atoms with E-state index in [4.69, 9.17) is 4.74 Å². The van der Waals surface area contributed by atoms with Crippen LogP contribution in [0.2, 0.25) is 0 Å². The zero-order chi connectivity index (χ0) is 21.5. The summed E-state index contributed by atoms with van der Waals surface area (Å²) in [7, 11) is 0. The minimum atomic E-state index is -0.161. The third-order valence-electron chi connectivity index (χ3n) is 5.26. The van der Waals surface area contributed by atoms with Crippen LogP contribution in [0.5, 0.6) is 5.75 Å². The first-order valence-electron chi connectivity index (χ1n) is 10.3. The largest absolute Gasteiger partial charge is 0.483 e. The number of carbonyl (C=O) groups excluding carboxylic acids is 2. The summed E-state index contributed by atoms with van der Waals surface area (Å²) in [5.74, 6) is 0.476. The minimum Gasteiger partial charge on any atom is -0.483 e. The molecule has 0 N–H and O–H groups in total. The van der Waals surface area contributed by atoms with Crippen LogP contribution in [0, 0.1) is 0 Å². The van der Waals surface area contributed by atoms with Crippen LogP contribution < -0.4 is 4.74 Å². The van der Waals surface area contributed by atoms with Crippen LogP contribution in [0.4, 0.5) is 0 Å². The first-order valence-corrected chi connectivity index (χ1v) is 10.3. The van der Waals surface area contributed by atoms with E-state index in [-0.39, 0.29) is 18.4 Å². The van der Waals surface area contributed by atoms with E-state index in [1.807, 2.05) is 42.5 Å². The summed E-state index contributed by atoms with van der Waals surface area (Å²) in [6.07, 6.45) is 5.24. The standard InChI is InChI=1S/C24H24N4O3/c29-23(27-12-14-28(15-13-27)24(30)21-17-25-10-11-26-21)18-31-22-9-5-4-8-20(22)16-19-6-2-1-3-7-19/h1-11,17H,12-16,18H2. The monoisotopic (exact) mass is 416 g/mol. The molecule has 1 saturated heterocycles. The van der Waals surface area contributed by atoms with Crippen molar-refractivity contribution in [2.24, 2.45) is 0 Å². The van der Waals surface area contributed by atoms with E-state index in [1.54, 1.807) is 9.80 Å². The van der Waals surface area contributed by atoms with E-state index in [1.165, 1.54) is 24.2 Å². The Kier molecular flexibility index (Phi) is 6.52. The highest BCUT2D eigenvalue weighted by Gasteiger charge is 2.25. The number of piperazine rings is 1. The summed E-state index contributed by atoms with van der Waals surface area (Å²) in [4.78, 5) is 36.6. The molecule has 1 aliphatic rings. The van der Waals surface area contributed by atoms with Gasteiger partial charge >= 0.3 is 0 Å². The maximum Gasteiger partial charge on any atom is 0.274 e. The molecule has 2 amide bonds. The molecule has 31 heavy (non-hydrogen) atoms. The molecule has 0 radical (unpaired) electrons. The van der Waals surface area contributed by atoms with Crippen molar-refractivity contribution in [3.63, 3.8) is 0 Å². The molecule has 3 aromatic rings. The van der Waals surface area contributed by atoms with Crippen LogP contribution in [-0.4, -0.2) is 64.4 Å². The van der Waals surface area contributed by atoms with E-state index in [0.29, 0.717) is 31.9 Å². The van der Waals surface area contributed by atoms with Crippen molar-refractivity contribution in [3.8, 4) is 5.75 Å². The highest BCUT2D eigenvalue weighted by Crippen LogP contribution is 2.21. The maximum absolute atomic E-state index is 12.7. The first kappa shape index (κ1) is 20.5. The Balaban J connectivity index is 1.30.